The third-order valence-electron chi connectivity index (χ3n) is 2.96. The monoisotopic (exact) mass is 238 g/mol. The van der Waals surface area contributed by atoms with Gasteiger partial charge in [0.1, 0.15) is 11.5 Å². The highest BCUT2D eigenvalue weighted by molar-refractivity contribution is 6.01. The van der Waals surface area contributed by atoms with E-state index in [1.54, 1.807) is 12.3 Å². The number of aromatic hydroxyl groups is 1. The van der Waals surface area contributed by atoms with Gasteiger partial charge in [0.15, 0.2) is 6.29 Å². The summed E-state index contributed by atoms with van der Waals surface area (Å²) in [5.74, 6) is 0.779. The van der Waals surface area contributed by atoms with E-state index >= 15 is 0 Å². The maximum atomic E-state index is 11.0. The number of phenols is 1. The molecule has 2 aromatic carbocycles. The summed E-state index contributed by atoms with van der Waals surface area (Å²) in [7, 11) is 0. The first-order valence-electron chi connectivity index (χ1n) is 5.54. The van der Waals surface area contributed by atoms with Crippen molar-refractivity contribution in [3.05, 3.63) is 54.3 Å². The molecule has 3 rings (SSSR count). The first kappa shape index (κ1) is 10.6. The van der Waals surface area contributed by atoms with Gasteiger partial charge in [-0.15, -0.1) is 0 Å². The average Bonchev–Trinajstić information content (AvgIpc) is 2.92. The number of furan rings is 1. The molecule has 0 fully saturated rings. The average molecular weight is 238 g/mol. The lowest BCUT2D eigenvalue weighted by Gasteiger charge is -2.05. The molecule has 0 amide bonds. The van der Waals surface area contributed by atoms with E-state index < -0.39 is 0 Å². The summed E-state index contributed by atoms with van der Waals surface area (Å²) in [5.41, 5.74) is 1.26. The molecule has 0 spiro atoms. The molecule has 3 nitrogen and oxygen atoms in total. The van der Waals surface area contributed by atoms with Crippen LogP contribution in [0.15, 0.2) is 53.1 Å². The highest BCUT2D eigenvalue weighted by Gasteiger charge is 2.08. The van der Waals surface area contributed by atoms with Crippen LogP contribution < -0.4 is 0 Å². The Morgan fingerprint density at radius 1 is 1.11 bits per heavy atom. The Kier molecular flexibility index (Phi) is 2.38. The predicted octanol–water partition coefficient (Wildman–Crippen LogP) is 3.62. The van der Waals surface area contributed by atoms with Crippen molar-refractivity contribution in [3.63, 3.8) is 0 Å². The summed E-state index contributed by atoms with van der Waals surface area (Å²) >= 11 is 0. The molecule has 18 heavy (non-hydrogen) atoms. The maximum absolute atomic E-state index is 11.0. The molecule has 3 heteroatoms. The second-order valence-corrected chi connectivity index (χ2v) is 4.03. The quantitative estimate of drug-likeness (QED) is 0.694. The van der Waals surface area contributed by atoms with Crippen LogP contribution in [0.2, 0.25) is 0 Å². The van der Waals surface area contributed by atoms with Crippen molar-refractivity contribution in [2.45, 2.75) is 0 Å². The van der Waals surface area contributed by atoms with Gasteiger partial charge in [-0.05, 0) is 35.0 Å². The van der Waals surface area contributed by atoms with E-state index in [9.17, 15) is 9.90 Å². The van der Waals surface area contributed by atoms with Gasteiger partial charge in [0, 0.05) is 5.56 Å². The molecule has 1 aromatic heterocycles. The number of carbonyl (C=O) groups is 1. The fraction of sp³-hybridized carbons (Fsp3) is 0. The Bertz CT molecular complexity index is 712. The zero-order chi connectivity index (χ0) is 12.5. The van der Waals surface area contributed by atoms with Crippen molar-refractivity contribution in [1.82, 2.24) is 0 Å². The normalized spacial score (nSPS) is 10.7. The lowest BCUT2D eigenvalue weighted by atomic mass is 10.0. The number of hydrogen-bond donors (Lipinski definition) is 1. The van der Waals surface area contributed by atoms with Crippen LogP contribution in [-0.4, -0.2) is 11.4 Å². The number of hydrogen-bond acceptors (Lipinski definition) is 3. The summed E-state index contributed by atoms with van der Waals surface area (Å²) in [5, 5.41) is 11.2. The number of carbonyl (C=O) groups excluding carboxylic acids is 1. The first-order chi connectivity index (χ1) is 8.79. The first-order valence-corrected chi connectivity index (χ1v) is 5.54. The van der Waals surface area contributed by atoms with Crippen molar-refractivity contribution in [2.24, 2.45) is 0 Å². The minimum absolute atomic E-state index is 0.00301. The Hall–Kier alpha value is -2.55. The van der Waals surface area contributed by atoms with Crippen molar-refractivity contribution >= 4 is 17.1 Å². The molecule has 0 aliphatic carbocycles. The number of aldehydes is 1. The molecule has 0 atom stereocenters. The minimum Gasteiger partial charge on any atom is -0.507 e. The van der Waals surface area contributed by atoms with E-state index in [0.717, 1.165) is 22.1 Å². The second-order valence-electron chi connectivity index (χ2n) is 4.03. The number of fused-ring (bicyclic) bond motifs is 1. The molecule has 0 aliphatic rings. The molecule has 0 aliphatic heterocycles. The van der Waals surface area contributed by atoms with Crippen molar-refractivity contribution in [2.75, 3.05) is 0 Å². The zero-order valence-corrected chi connectivity index (χ0v) is 9.46. The predicted molar refractivity (Wildman–Crippen MR) is 68.7 cm³/mol. The SMILES string of the molecule is O=Cc1c(O)ccc2cc(-c3ccco3)ccc12. The molecule has 1 N–H and O–H groups in total. The van der Waals surface area contributed by atoms with Crippen LogP contribution in [0.25, 0.3) is 22.1 Å². The summed E-state index contributed by atoms with van der Waals surface area (Å²) in [6, 6.07) is 12.6. The number of benzene rings is 2. The Balaban J connectivity index is 2.26. The third kappa shape index (κ3) is 1.57. The van der Waals surface area contributed by atoms with Crippen LogP contribution in [0, 0.1) is 0 Å². The van der Waals surface area contributed by atoms with Gasteiger partial charge in [-0.2, -0.15) is 0 Å². The maximum Gasteiger partial charge on any atom is 0.154 e. The number of phenolic OH excluding ortho intramolecular Hbond substituents is 1. The minimum atomic E-state index is 0.00301. The molecule has 0 saturated carbocycles. The summed E-state index contributed by atoms with van der Waals surface area (Å²) in [6.45, 7) is 0. The Morgan fingerprint density at radius 3 is 2.72 bits per heavy atom. The summed E-state index contributed by atoms with van der Waals surface area (Å²) < 4.78 is 5.33. The van der Waals surface area contributed by atoms with Gasteiger partial charge < -0.3 is 9.52 Å². The summed E-state index contributed by atoms with van der Waals surface area (Å²) in [6.07, 6.45) is 2.29. The highest BCUT2D eigenvalue weighted by atomic mass is 16.3. The smallest absolute Gasteiger partial charge is 0.154 e. The molecule has 3 aromatic rings. The van der Waals surface area contributed by atoms with Gasteiger partial charge in [0.2, 0.25) is 0 Å². The molecule has 0 radical (unpaired) electrons. The fourth-order valence-corrected chi connectivity index (χ4v) is 2.06. The molecule has 0 saturated heterocycles. The van der Waals surface area contributed by atoms with Gasteiger partial charge in [-0.3, -0.25) is 4.79 Å². The largest absolute Gasteiger partial charge is 0.507 e. The van der Waals surface area contributed by atoms with Crippen LogP contribution in [0.5, 0.6) is 5.75 Å². The van der Waals surface area contributed by atoms with Crippen molar-refractivity contribution < 1.29 is 14.3 Å². The Morgan fingerprint density at radius 2 is 2.00 bits per heavy atom. The molecule has 0 unspecified atom stereocenters. The molecular weight excluding hydrogens is 228 g/mol. The van der Waals surface area contributed by atoms with E-state index in [0.29, 0.717) is 11.8 Å². The molecular formula is C15H10O3. The van der Waals surface area contributed by atoms with Crippen LogP contribution in [0.1, 0.15) is 10.4 Å². The van der Waals surface area contributed by atoms with Crippen molar-refractivity contribution in [1.29, 1.82) is 0 Å². The summed E-state index contributed by atoms with van der Waals surface area (Å²) in [4.78, 5) is 11.0. The van der Waals surface area contributed by atoms with E-state index in [4.69, 9.17) is 4.42 Å². The molecule has 1 heterocycles. The van der Waals surface area contributed by atoms with Crippen molar-refractivity contribution in [3.8, 4) is 17.1 Å². The molecule has 88 valence electrons. The lowest BCUT2D eigenvalue weighted by molar-refractivity contribution is 0.112. The van der Waals surface area contributed by atoms with Crippen LogP contribution >= 0.6 is 0 Å². The zero-order valence-electron chi connectivity index (χ0n) is 9.46. The van der Waals surface area contributed by atoms with E-state index in [2.05, 4.69) is 0 Å². The van der Waals surface area contributed by atoms with Crippen LogP contribution in [0.4, 0.5) is 0 Å². The highest BCUT2D eigenvalue weighted by Crippen LogP contribution is 2.29. The van der Waals surface area contributed by atoms with Gasteiger partial charge in [0.25, 0.3) is 0 Å². The fourth-order valence-electron chi connectivity index (χ4n) is 2.06. The molecule has 0 bridgehead atoms. The van der Waals surface area contributed by atoms with Gasteiger partial charge in [-0.1, -0.05) is 18.2 Å². The van der Waals surface area contributed by atoms with E-state index in [1.165, 1.54) is 6.07 Å². The van der Waals surface area contributed by atoms with Crippen LogP contribution in [-0.2, 0) is 0 Å². The van der Waals surface area contributed by atoms with Gasteiger partial charge in [-0.25, -0.2) is 0 Å². The Labute approximate surface area is 103 Å². The van der Waals surface area contributed by atoms with E-state index in [-0.39, 0.29) is 5.75 Å². The third-order valence-corrected chi connectivity index (χ3v) is 2.96. The van der Waals surface area contributed by atoms with Gasteiger partial charge in [0.05, 0.1) is 11.8 Å². The van der Waals surface area contributed by atoms with Gasteiger partial charge >= 0.3 is 0 Å². The number of rotatable bonds is 2. The lowest BCUT2D eigenvalue weighted by Crippen LogP contribution is -1.85. The topological polar surface area (TPSA) is 50.4 Å². The standard InChI is InChI=1S/C15H10O3/c16-9-13-12-5-3-11(15-2-1-7-18-15)8-10(12)4-6-14(13)17/h1-9,17H. The van der Waals surface area contributed by atoms with Crippen LogP contribution in [0.3, 0.4) is 0 Å². The van der Waals surface area contributed by atoms with E-state index in [1.807, 2.05) is 30.3 Å². The second kappa shape index (κ2) is 4.04.